The fourth-order valence-corrected chi connectivity index (χ4v) is 5.14. The van der Waals surface area contributed by atoms with Crippen molar-refractivity contribution in [2.45, 2.75) is 44.0 Å². The van der Waals surface area contributed by atoms with E-state index in [0.717, 1.165) is 4.90 Å². The summed E-state index contributed by atoms with van der Waals surface area (Å²) in [6, 6.07) is 4.34. The Labute approximate surface area is 163 Å². The predicted molar refractivity (Wildman–Crippen MR) is 100 cm³/mol. The summed E-state index contributed by atoms with van der Waals surface area (Å²) in [5.74, 6) is -0.529. The second-order valence-corrected chi connectivity index (χ2v) is 8.74. The van der Waals surface area contributed by atoms with Crippen molar-refractivity contribution in [2.24, 2.45) is 0 Å². The minimum atomic E-state index is -3.72. The maximum Gasteiger partial charge on any atom is 0.417 e. The molecule has 152 valence electrons. The average molecular weight is 409 g/mol. The maximum atomic E-state index is 13.0. The Morgan fingerprint density at radius 1 is 1.25 bits per heavy atom. The lowest BCUT2D eigenvalue weighted by Crippen LogP contribution is -2.48. The fraction of sp³-hybridized carbons (Fsp3) is 0.500. The Morgan fingerprint density at radius 3 is 2.46 bits per heavy atom. The lowest BCUT2D eigenvalue weighted by molar-refractivity contribution is -0.127. The molecule has 0 saturated carbocycles. The number of piperidine rings is 1. The molecule has 9 nitrogen and oxygen atoms in total. The number of sulfonamides is 1. The van der Waals surface area contributed by atoms with Crippen molar-refractivity contribution >= 4 is 33.6 Å². The Hall–Kier alpha value is -2.46. The van der Waals surface area contributed by atoms with Gasteiger partial charge in [0.1, 0.15) is 0 Å². The summed E-state index contributed by atoms with van der Waals surface area (Å²) in [6.45, 7) is 3.58. The summed E-state index contributed by atoms with van der Waals surface area (Å²) < 4.78 is 32.1. The molecule has 0 spiro atoms. The molecule has 28 heavy (non-hydrogen) atoms. The van der Waals surface area contributed by atoms with Crippen molar-refractivity contribution in [1.82, 2.24) is 9.21 Å². The number of benzene rings is 1. The van der Waals surface area contributed by atoms with Crippen molar-refractivity contribution in [3.63, 3.8) is 0 Å². The normalized spacial score (nSPS) is 19.0. The molecule has 2 fully saturated rings. The highest BCUT2D eigenvalue weighted by Gasteiger charge is 2.40. The average Bonchev–Trinajstić information content (AvgIpc) is 3.00. The van der Waals surface area contributed by atoms with Gasteiger partial charge in [0.05, 0.1) is 4.90 Å². The SMILES string of the molecule is CCC(=O)Nc1ccc(S(=O)(=O)N2CCC(N3C(=O)COC3=O)CC2)c(C)c1. The second-order valence-electron chi connectivity index (χ2n) is 6.84. The predicted octanol–water partition coefficient (Wildman–Crippen LogP) is 1.48. The number of imide groups is 1. The third-order valence-electron chi connectivity index (χ3n) is 4.97. The van der Waals surface area contributed by atoms with E-state index < -0.39 is 16.1 Å². The van der Waals surface area contributed by atoms with E-state index in [1.807, 2.05) is 0 Å². The van der Waals surface area contributed by atoms with Gasteiger partial charge in [-0.05, 0) is 43.5 Å². The van der Waals surface area contributed by atoms with Crippen LogP contribution in [0.15, 0.2) is 23.1 Å². The smallest absolute Gasteiger partial charge is 0.417 e. The maximum absolute atomic E-state index is 13.0. The molecule has 2 saturated heterocycles. The minimum Gasteiger partial charge on any atom is -0.439 e. The number of anilines is 1. The quantitative estimate of drug-likeness (QED) is 0.788. The fourth-order valence-electron chi connectivity index (χ4n) is 3.46. The molecule has 3 amide bonds. The van der Waals surface area contributed by atoms with Crippen LogP contribution < -0.4 is 5.32 Å². The summed E-state index contributed by atoms with van der Waals surface area (Å²) in [7, 11) is -3.72. The van der Waals surface area contributed by atoms with Crippen LogP contribution in [0.5, 0.6) is 0 Å². The number of aryl methyl sites for hydroxylation is 1. The van der Waals surface area contributed by atoms with Gasteiger partial charge in [0.15, 0.2) is 6.61 Å². The number of hydrogen-bond acceptors (Lipinski definition) is 6. The molecular formula is C18H23N3O6S. The Kier molecular flexibility index (Phi) is 5.71. The van der Waals surface area contributed by atoms with Crippen LogP contribution in [0.1, 0.15) is 31.7 Å². The molecule has 3 rings (SSSR count). The zero-order valence-electron chi connectivity index (χ0n) is 15.8. The minimum absolute atomic E-state index is 0.146. The molecular weight excluding hydrogens is 386 g/mol. The van der Waals surface area contributed by atoms with Gasteiger partial charge in [-0.1, -0.05) is 6.92 Å². The van der Waals surface area contributed by atoms with Gasteiger partial charge in [-0.2, -0.15) is 4.31 Å². The first-order valence-corrected chi connectivity index (χ1v) is 10.6. The second kappa shape index (κ2) is 7.88. The van der Waals surface area contributed by atoms with Crippen LogP contribution in [0.3, 0.4) is 0 Å². The lowest BCUT2D eigenvalue weighted by Gasteiger charge is -2.34. The Balaban J connectivity index is 1.71. The number of nitrogens with zero attached hydrogens (tertiary/aromatic N) is 2. The number of ether oxygens (including phenoxy) is 1. The van der Waals surface area contributed by atoms with Gasteiger partial charge in [0, 0.05) is 31.2 Å². The standard InChI is InChI=1S/C18H23N3O6S/c1-3-16(22)19-13-4-5-15(12(2)10-13)28(25,26)20-8-6-14(7-9-20)21-17(23)11-27-18(21)24/h4-5,10,14H,3,6-9,11H2,1-2H3,(H,19,22). The number of carbonyl (C=O) groups excluding carboxylic acids is 3. The topological polar surface area (TPSA) is 113 Å². The number of carbonyl (C=O) groups is 3. The zero-order valence-corrected chi connectivity index (χ0v) is 16.6. The molecule has 0 aliphatic carbocycles. The molecule has 1 aromatic rings. The van der Waals surface area contributed by atoms with Gasteiger partial charge in [-0.15, -0.1) is 0 Å². The van der Waals surface area contributed by atoms with Crippen molar-refractivity contribution in [3.05, 3.63) is 23.8 Å². The molecule has 0 atom stereocenters. The lowest BCUT2D eigenvalue weighted by atomic mass is 10.1. The van der Waals surface area contributed by atoms with Gasteiger partial charge in [0.2, 0.25) is 15.9 Å². The van der Waals surface area contributed by atoms with Crippen LogP contribution in [0.4, 0.5) is 10.5 Å². The number of rotatable bonds is 5. The monoisotopic (exact) mass is 409 g/mol. The summed E-state index contributed by atoms with van der Waals surface area (Å²) in [6.07, 6.45) is 0.404. The van der Waals surface area contributed by atoms with E-state index in [0.29, 0.717) is 30.5 Å². The summed E-state index contributed by atoms with van der Waals surface area (Å²) in [5.41, 5.74) is 1.09. The van der Waals surface area contributed by atoms with E-state index in [9.17, 15) is 22.8 Å². The van der Waals surface area contributed by atoms with Crippen LogP contribution >= 0.6 is 0 Å². The first kappa shape index (κ1) is 20.3. The number of nitrogens with one attached hydrogen (secondary N) is 1. The van der Waals surface area contributed by atoms with Crippen molar-refractivity contribution in [2.75, 3.05) is 25.0 Å². The highest BCUT2D eigenvalue weighted by Crippen LogP contribution is 2.28. The third kappa shape index (κ3) is 3.88. The molecule has 0 bridgehead atoms. The largest absolute Gasteiger partial charge is 0.439 e. The van der Waals surface area contributed by atoms with Crippen LogP contribution in [0.25, 0.3) is 0 Å². The van der Waals surface area contributed by atoms with E-state index in [4.69, 9.17) is 4.74 Å². The van der Waals surface area contributed by atoms with E-state index in [1.165, 1.54) is 10.4 Å². The van der Waals surface area contributed by atoms with Gasteiger partial charge in [-0.3, -0.25) is 9.59 Å². The Morgan fingerprint density at radius 2 is 1.93 bits per heavy atom. The molecule has 0 unspecified atom stereocenters. The van der Waals surface area contributed by atoms with Gasteiger partial charge in [0.25, 0.3) is 5.91 Å². The first-order valence-electron chi connectivity index (χ1n) is 9.13. The zero-order chi connectivity index (χ0) is 20.5. The van der Waals surface area contributed by atoms with E-state index in [-0.39, 0.29) is 42.4 Å². The van der Waals surface area contributed by atoms with Gasteiger partial charge >= 0.3 is 6.09 Å². The first-order chi connectivity index (χ1) is 13.2. The van der Waals surface area contributed by atoms with Crippen LogP contribution in [0.2, 0.25) is 0 Å². The highest BCUT2D eigenvalue weighted by molar-refractivity contribution is 7.89. The van der Waals surface area contributed by atoms with Crippen LogP contribution in [0, 0.1) is 6.92 Å². The summed E-state index contributed by atoms with van der Waals surface area (Å²) >= 11 is 0. The highest BCUT2D eigenvalue weighted by atomic mass is 32.2. The molecule has 1 N–H and O–H groups in total. The van der Waals surface area contributed by atoms with E-state index >= 15 is 0 Å². The number of amides is 3. The molecule has 10 heteroatoms. The summed E-state index contributed by atoms with van der Waals surface area (Å²) in [4.78, 5) is 36.2. The van der Waals surface area contributed by atoms with Gasteiger partial charge < -0.3 is 10.1 Å². The molecule has 0 radical (unpaired) electrons. The number of cyclic esters (lactones) is 1. The van der Waals surface area contributed by atoms with Crippen molar-refractivity contribution < 1.29 is 27.5 Å². The van der Waals surface area contributed by atoms with Crippen LogP contribution in [-0.4, -0.2) is 61.3 Å². The number of hydrogen-bond donors (Lipinski definition) is 1. The molecule has 0 aromatic heterocycles. The molecule has 1 aromatic carbocycles. The summed E-state index contributed by atoms with van der Waals surface area (Å²) in [5, 5.41) is 2.71. The van der Waals surface area contributed by atoms with Gasteiger partial charge in [-0.25, -0.2) is 18.1 Å². The molecule has 2 aliphatic rings. The third-order valence-corrected chi connectivity index (χ3v) is 7.03. The van der Waals surface area contributed by atoms with E-state index in [1.54, 1.807) is 26.0 Å². The van der Waals surface area contributed by atoms with Crippen molar-refractivity contribution in [1.29, 1.82) is 0 Å². The van der Waals surface area contributed by atoms with E-state index in [2.05, 4.69) is 5.32 Å². The molecule has 2 aliphatic heterocycles. The molecule has 2 heterocycles. The van der Waals surface area contributed by atoms with Crippen LogP contribution in [-0.2, 0) is 24.3 Å². The van der Waals surface area contributed by atoms with Crippen molar-refractivity contribution in [3.8, 4) is 0 Å². The Bertz CT molecular complexity index is 890.